The molecule has 2 aliphatic rings. The Hall–Kier alpha value is -2.18. The molecule has 1 atom stereocenters. The molecule has 0 radical (unpaired) electrons. The molecule has 0 bridgehead atoms. The number of anilines is 1. The molecule has 0 amide bonds. The summed E-state index contributed by atoms with van der Waals surface area (Å²) < 4.78 is 13.6. The van der Waals surface area contributed by atoms with Crippen molar-refractivity contribution in [2.24, 2.45) is 0 Å². The Kier molecular flexibility index (Phi) is 5.51. The lowest BCUT2D eigenvalue weighted by Crippen LogP contribution is -2.41. The molecule has 0 saturated carbocycles. The molecule has 5 nitrogen and oxygen atoms in total. The fraction of sp³-hybridized carbons (Fsp3) is 0.409. The number of β-amino-alcohol motifs (C(OH)–C–C–N with tert-alkyl or cyclic N) is 1. The highest BCUT2D eigenvalue weighted by Crippen LogP contribution is 2.40. The second kappa shape index (κ2) is 8.05. The van der Waals surface area contributed by atoms with Crippen molar-refractivity contribution in [2.45, 2.75) is 26.0 Å². The zero-order valence-corrected chi connectivity index (χ0v) is 17.2. The molecule has 4 rings (SSSR count). The number of aliphatic hydroxyl groups is 1. The molecule has 0 saturated heterocycles. The topological polar surface area (TPSA) is 44.9 Å². The van der Waals surface area contributed by atoms with E-state index in [2.05, 4.69) is 15.5 Å². The number of amidine groups is 1. The maximum atomic E-state index is 11.8. The van der Waals surface area contributed by atoms with Gasteiger partial charge in [0.15, 0.2) is 18.0 Å². The Labute approximate surface area is 170 Å². The first-order chi connectivity index (χ1) is 13.7. The van der Waals surface area contributed by atoms with Crippen molar-refractivity contribution in [3.8, 4) is 11.5 Å². The number of para-hydroxylation sites is 2. The Bertz CT molecular complexity index is 868. The van der Waals surface area contributed by atoms with E-state index in [1.165, 1.54) is 0 Å². The molecule has 1 unspecified atom stereocenters. The minimum Gasteiger partial charge on any atom is -0.494 e. The summed E-state index contributed by atoms with van der Waals surface area (Å²) in [6.45, 7) is 6.50. The minimum atomic E-state index is -1.08. The third-order valence-electron chi connectivity index (χ3n) is 5.13. The van der Waals surface area contributed by atoms with Crippen molar-refractivity contribution in [2.75, 3.05) is 37.0 Å². The van der Waals surface area contributed by atoms with E-state index in [9.17, 15) is 5.11 Å². The average molecular weight is 400 g/mol. The Balaban J connectivity index is 1.74. The summed E-state index contributed by atoms with van der Waals surface area (Å²) in [4.78, 5) is 2.20. The van der Waals surface area contributed by atoms with E-state index in [1.807, 2.05) is 56.3 Å². The lowest BCUT2D eigenvalue weighted by Gasteiger charge is -2.24. The summed E-state index contributed by atoms with van der Waals surface area (Å²) >= 11 is 1.80. The molecular weight excluding hydrogens is 372 g/mol. The molecule has 0 aliphatic carbocycles. The van der Waals surface area contributed by atoms with Gasteiger partial charge in [0.2, 0.25) is 0 Å². The second-order valence-electron chi connectivity index (χ2n) is 6.90. The van der Waals surface area contributed by atoms with Crippen molar-refractivity contribution in [1.29, 1.82) is 0 Å². The van der Waals surface area contributed by atoms with Gasteiger partial charge in [-0.3, -0.25) is 0 Å². The van der Waals surface area contributed by atoms with Crippen molar-refractivity contribution in [1.82, 2.24) is 0 Å². The maximum Gasteiger partial charge on any atom is 0.316 e. The van der Waals surface area contributed by atoms with Crippen LogP contribution in [0.3, 0.4) is 0 Å². The molecule has 2 aromatic rings. The number of nitrogens with zero attached hydrogens (tertiary/aromatic N) is 2. The molecule has 2 aliphatic heterocycles. The van der Waals surface area contributed by atoms with E-state index in [-0.39, 0.29) is 0 Å². The van der Waals surface area contributed by atoms with Crippen LogP contribution in [0.15, 0.2) is 48.5 Å². The number of thioether (sulfide) groups is 1. The molecule has 28 heavy (non-hydrogen) atoms. The predicted octanol–water partition coefficient (Wildman–Crippen LogP) is 3.65. The van der Waals surface area contributed by atoms with Crippen molar-refractivity contribution >= 4 is 22.6 Å². The summed E-state index contributed by atoms with van der Waals surface area (Å²) in [6.07, 6.45) is 1.05. The summed E-state index contributed by atoms with van der Waals surface area (Å²) in [5.41, 5.74) is 0.806. The van der Waals surface area contributed by atoms with Crippen LogP contribution in [0.25, 0.3) is 0 Å². The van der Waals surface area contributed by atoms with E-state index < -0.39 is 5.72 Å². The van der Waals surface area contributed by atoms with Gasteiger partial charge in [-0.05, 0) is 68.4 Å². The van der Waals surface area contributed by atoms with Gasteiger partial charge in [0.25, 0.3) is 5.72 Å². The number of rotatable bonds is 6. The Morgan fingerprint density at radius 1 is 1.07 bits per heavy atom. The Morgan fingerprint density at radius 3 is 2.57 bits per heavy atom. The van der Waals surface area contributed by atoms with Crippen molar-refractivity contribution in [3.05, 3.63) is 54.1 Å². The molecule has 0 fully saturated rings. The fourth-order valence-electron chi connectivity index (χ4n) is 3.88. The smallest absolute Gasteiger partial charge is 0.316 e. The minimum absolute atomic E-state index is 0.466. The zero-order chi connectivity index (χ0) is 19.6. The third kappa shape index (κ3) is 3.35. The van der Waals surface area contributed by atoms with Gasteiger partial charge >= 0.3 is 5.17 Å². The number of ether oxygens (including phenoxy) is 2. The molecule has 148 valence electrons. The van der Waals surface area contributed by atoms with Crippen molar-refractivity contribution < 1.29 is 19.2 Å². The van der Waals surface area contributed by atoms with Crippen molar-refractivity contribution in [3.63, 3.8) is 0 Å². The first-order valence-electron chi connectivity index (χ1n) is 9.90. The molecule has 6 heteroatoms. The second-order valence-corrected chi connectivity index (χ2v) is 7.96. The number of hydrogen-bond acceptors (Lipinski definition) is 5. The van der Waals surface area contributed by atoms with Gasteiger partial charge in [-0.2, -0.15) is 0 Å². The largest absolute Gasteiger partial charge is 0.494 e. The lowest BCUT2D eigenvalue weighted by molar-refractivity contribution is -0.656. The van der Waals surface area contributed by atoms with Crippen LogP contribution < -0.4 is 14.4 Å². The highest BCUT2D eigenvalue weighted by atomic mass is 32.2. The maximum absolute atomic E-state index is 11.8. The summed E-state index contributed by atoms with van der Waals surface area (Å²) in [6, 6.07) is 15.9. The number of hydrogen-bond donors (Lipinski definition) is 1. The fourth-order valence-corrected chi connectivity index (χ4v) is 5.05. The monoisotopic (exact) mass is 399 g/mol. The van der Waals surface area contributed by atoms with Crippen LogP contribution >= 0.6 is 11.8 Å². The van der Waals surface area contributed by atoms with E-state index in [0.29, 0.717) is 19.8 Å². The first kappa shape index (κ1) is 19.2. The summed E-state index contributed by atoms with van der Waals surface area (Å²) in [5.74, 6) is 2.72. The SMILES string of the molecule is CCOc1ccc(C2(O)CN(c3ccccc3OCC)C3=[N+]2CCCS3)cc1. The molecule has 1 N–H and O–H groups in total. The van der Waals surface area contributed by atoms with E-state index in [1.54, 1.807) is 11.8 Å². The van der Waals surface area contributed by atoms with Gasteiger partial charge in [-0.15, -0.1) is 0 Å². The zero-order valence-electron chi connectivity index (χ0n) is 16.4. The molecule has 2 aromatic carbocycles. The van der Waals surface area contributed by atoms with Crippen LogP contribution in [0.4, 0.5) is 5.69 Å². The molecule has 0 aromatic heterocycles. The van der Waals surface area contributed by atoms with Gasteiger partial charge in [0.1, 0.15) is 5.75 Å². The van der Waals surface area contributed by atoms with E-state index in [4.69, 9.17) is 9.47 Å². The van der Waals surface area contributed by atoms with Crippen LogP contribution in [0.2, 0.25) is 0 Å². The summed E-state index contributed by atoms with van der Waals surface area (Å²) in [5, 5.41) is 12.9. The van der Waals surface area contributed by atoms with Crippen LogP contribution in [-0.2, 0) is 5.72 Å². The van der Waals surface area contributed by atoms with Gasteiger partial charge in [0.05, 0.1) is 19.8 Å². The normalized spacial score (nSPS) is 21.6. The highest BCUT2D eigenvalue weighted by molar-refractivity contribution is 8.13. The van der Waals surface area contributed by atoms with E-state index >= 15 is 0 Å². The highest BCUT2D eigenvalue weighted by Gasteiger charge is 2.53. The Morgan fingerprint density at radius 2 is 1.82 bits per heavy atom. The van der Waals surface area contributed by atoms with Gasteiger partial charge in [-0.25, -0.2) is 9.48 Å². The standard InChI is InChI=1S/C22H27N2O3S/c1-3-26-18-12-10-17(11-13-18)22(25)16-23(21-24(22)14-7-15-28-21)19-8-5-6-9-20(19)27-4-2/h5-6,8-13,25H,3-4,7,14-16H2,1-2H3/q+1. The number of benzene rings is 2. The lowest BCUT2D eigenvalue weighted by atomic mass is 10.0. The van der Waals surface area contributed by atoms with E-state index in [0.717, 1.165) is 46.6 Å². The van der Waals surface area contributed by atoms with Crippen LogP contribution in [0.1, 0.15) is 25.8 Å². The summed E-state index contributed by atoms with van der Waals surface area (Å²) in [7, 11) is 0. The molecule has 2 heterocycles. The first-order valence-corrected chi connectivity index (χ1v) is 10.9. The molecule has 0 spiro atoms. The van der Waals surface area contributed by atoms with Crippen LogP contribution in [0.5, 0.6) is 11.5 Å². The van der Waals surface area contributed by atoms with Gasteiger partial charge < -0.3 is 14.6 Å². The van der Waals surface area contributed by atoms with Crippen LogP contribution in [0, 0.1) is 0 Å². The van der Waals surface area contributed by atoms with Gasteiger partial charge in [0, 0.05) is 11.3 Å². The third-order valence-corrected chi connectivity index (χ3v) is 6.32. The molecular formula is C22H27N2O3S+. The van der Waals surface area contributed by atoms with Crippen LogP contribution in [-0.4, -0.2) is 46.9 Å². The predicted molar refractivity (Wildman–Crippen MR) is 114 cm³/mol. The van der Waals surface area contributed by atoms with Gasteiger partial charge in [-0.1, -0.05) is 12.1 Å². The quantitative estimate of drug-likeness (QED) is 0.751. The average Bonchev–Trinajstić information content (AvgIpc) is 3.04.